The predicted octanol–water partition coefficient (Wildman–Crippen LogP) is 16.3. The molecule has 0 heterocycles. The molecule has 0 saturated carbocycles. The summed E-state index contributed by atoms with van der Waals surface area (Å²) in [5.41, 5.74) is 0. The van der Waals surface area contributed by atoms with Crippen molar-refractivity contribution in [3.63, 3.8) is 0 Å². The molecule has 3 N–H and O–H groups in total. The number of allylic oxidation sites excluding steroid dienone is 3. The Hall–Kier alpha value is -1.66. The summed E-state index contributed by atoms with van der Waals surface area (Å²) in [6.45, 7) is 4.81. The van der Waals surface area contributed by atoms with Crippen molar-refractivity contribution in [3.8, 4) is 0 Å². The van der Waals surface area contributed by atoms with Crippen molar-refractivity contribution >= 4 is 11.9 Å². The van der Waals surface area contributed by atoms with Gasteiger partial charge in [0, 0.05) is 12.8 Å². The lowest BCUT2D eigenvalue weighted by molar-refractivity contribution is -0.143. The van der Waals surface area contributed by atoms with Crippen LogP contribution in [0.25, 0.3) is 0 Å². The summed E-state index contributed by atoms with van der Waals surface area (Å²) in [7, 11) is 0. The smallest absolute Gasteiger partial charge is 0.305 e. The minimum Gasteiger partial charge on any atom is -0.466 e. The first-order valence-corrected chi connectivity index (χ1v) is 27.1. The first-order valence-electron chi connectivity index (χ1n) is 27.1. The normalized spacial score (nSPS) is 12.8. The van der Waals surface area contributed by atoms with E-state index in [-0.39, 0.29) is 18.5 Å². The molecule has 2 atom stereocenters. The van der Waals surface area contributed by atoms with E-state index in [1.54, 1.807) is 6.08 Å². The fraction of sp³-hybridized carbons (Fsp3) is 0.891. The van der Waals surface area contributed by atoms with Crippen LogP contribution < -0.4 is 5.32 Å². The summed E-state index contributed by atoms with van der Waals surface area (Å²) in [6, 6.07) is -0.649. The Balaban J connectivity index is 3.52. The highest BCUT2D eigenvalue weighted by atomic mass is 16.5. The molecule has 1 amide bonds. The second kappa shape index (κ2) is 51.0. The van der Waals surface area contributed by atoms with Crippen LogP contribution in [-0.4, -0.2) is 47.4 Å². The highest BCUT2D eigenvalue weighted by Gasteiger charge is 2.18. The zero-order valence-corrected chi connectivity index (χ0v) is 40.9. The van der Waals surface area contributed by atoms with Gasteiger partial charge in [-0.15, -0.1) is 0 Å². The van der Waals surface area contributed by atoms with E-state index in [1.807, 2.05) is 6.08 Å². The van der Waals surface area contributed by atoms with Crippen LogP contribution in [0.2, 0.25) is 0 Å². The molecule has 0 saturated heterocycles. The van der Waals surface area contributed by atoms with E-state index in [0.29, 0.717) is 19.4 Å². The number of amides is 1. The topological polar surface area (TPSA) is 95.9 Å². The molecule has 360 valence electrons. The van der Waals surface area contributed by atoms with Crippen LogP contribution in [-0.2, 0) is 14.3 Å². The van der Waals surface area contributed by atoms with Gasteiger partial charge in [0.1, 0.15) is 0 Å². The summed E-state index contributed by atoms with van der Waals surface area (Å²) < 4.78 is 5.43. The van der Waals surface area contributed by atoms with Crippen LogP contribution in [0.15, 0.2) is 24.3 Å². The Morgan fingerprint density at radius 1 is 0.443 bits per heavy atom. The van der Waals surface area contributed by atoms with Gasteiger partial charge in [0.05, 0.1) is 25.4 Å². The van der Waals surface area contributed by atoms with E-state index in [0.717, 1.165) is 57.8 Å². The molecule has 0 bridgehead atoms. The molecule has 0 aliphatic carbocycles. The standard InChI is InChI=1S/C55H105NO5/c1-3-5-7-9-11-13-15-16-17-18-19-20-21-22-23-24-25-26-27-29-31-35-39-43-47-53(58)52(51-57)56-54(59)48-44-40-36-32-30-34-38-42-46-50-61-55(60)49-45-41-37-33-28-14-12-10-8-6-4-2/h10,12,43,47,52-53,57-58H,3-9,11,13-42,44-46,48-51H2,1-2H3,(H,56,59)/b12-10-,47-43+. The maximum absolute atomic E-state index is 12.5. The van der Waals surface area contributed by atoms with Gasteiger partial charge >= 0.3 is 5.97 Å². The van der Waals surface area contributed by atoms with E-state index >= 15 is 0 Å². The number of aliphatic hydroxyl groups is 2. The average molecular weight is 860 g/mol. The number of hydrogen-bond donors (Lipinski definition) is 3. The van der Waals surface area contributed by atoms with Crippen LogP contribution >= 0.6 is 0 Å². The number of carbonyl (C=O) groups excluding carboxylic acids is 2. The molecule has 6 nitrogen and oxygen atoms in total. The van der Waals surface area contributed by atoms with Gasteiger partial charge in [0.2, 0.25) is 5.91 Å². The van der Waals surface area contributed by atoms with Crippen LogP contribution in [0, 0.1) is 0 Å². The SMILES string of the molecule is CCCC/C=C\CCCCCCCC(=O)OCCCCCCCCCCCC(=O)NC(CO)C(O)/C=C/CCCCCCCCCCCCCCCCCCCCCCCC. The van der Waals surface area contributed by atoms with E-state index in [2.05, 4.69) is 31.3 Å². The van der Waals surface area contributed by atoms with E-state index in [1.165, 1.54) is 205 Å². The molecule has 0 rings (SSSR count). The second-order valence-electron chi connectivity index (χ2n) is 18.6. The predicted molar refractivity (Wildman–Crippen MR) is 264 cm³/mol. The monoisotopic (exact) mass is 860 g/mol. The molecule has 0 radical (unpaired) electrons. The van der Waals surface area contributed by atoms with Crippen molar-refractivity contribution in [1.29, 1.82) is 0 Å². The lowest BCUT2D eigenvalue weighted by atomic mass is 10.0. The van der Waals surface area contributed by atoms with Crippen molar-refractivity contribution in [2.45, 2.75) is 302 Å². The molecule has 0 fully saturated rings. The summed E-state index contributed by atoms with van der Waals surface area (Å²) in [5, 5.41) is 23.1. The van der Waals surface area contributed by atoms with Gasteiger partial charge in [0.25, 0.3) is 0 Å². The van der Waals surface area contributed by atoms with Crippen LogP contribution in [0.4, 0.5) is 0 Å². The maximum atomic E-state index is 12.5. The van der Waals surface area contributed by atoms with Crippen molar-refractivity contribution in [2.24, 2.45) is 0 Å². The number of aliphatic hydroxyl groups excluding tert-OH is 2. The molecular formula is C55H105NO5. The number of ether oxygens (including phenoxy) is 1. The number of esters is 1. The molecule has 6 heteroatoms. The number of rotatable bonds is 50. The zero-order chi connectivity index (χ0) is 44.4. The largest absolute Gasteiger partial charge is 0.466 e. The van der Waals surface area contributed by atoms with Crippen molar-refractivity contribution in [3.05, 3.63) is 24.3 Å². The number of carbonyl (C=O) groups is 2. The van der Waals surface area contributed by atoms with Crippen LogP contribution in [0.3, 0.4) is 0 Å². The Bertz CT molecular complexity index is 951. The number of hydrogen-bond acceptors (Lipinski definition) is 5. The van der Waals surface area contributed by atoms with Gasteiger partial charge in [-0.05, 0) is 51.4 Å². The van der Waals surface area contributed by atoms with Gasteiger partial charge < -0.3 is 20.3 Å². The second-order valence-corrected chi connectivity index (χ2v) is 18.6. The highest BCUT2D eigenvalue weighted by Crippen LogP contribution is 2.17. The Labute approximate surface area is 380 Å². The van der Waals surface area contributed by atoms with Crippen LogP contribution in [0.5, 0.6) is 0 Å². The average Bonchev–Trinajstić information content (AvgIpc) is 3.26. The van der Waals surface area contributed by atoms with E-state index in [4.69, 9.17) is 4.74 Å². The number of unbranched alkanes of at least 4 members (excludes halogenated alkanes) is 37. The molecule has 2 unspecified atom stereocenters. The van der Waals surface area contributed by atoms with Crippen molar-refractivity contribution in [1.82, 2.24) is 5.32 Å². The minimum absolute atomic E-state index is 0.0379. The van der Waals surface area contributed by atoms with Gasteiger partial charge in [-0.25, -0.2) is 0 Å². The molecule has 0 spiro atoms. The first kappa shape index (κ1) is 59.3. The summed E-state index contributed by atoms with van der Waals surface area (Å²) >= 11 is 0. The Morgan fingerprint density at radius 3 is 1.21 bits per heavy atom. The Kier molecular flexibility index (Phi) is 49.6. The van der Waals surface area contributed by atoms with Gasteiger partial charge in [0.15, 0.2) is 0 Å². The Morgan fingerprint density at radius 2 is 0.787 bits per heavy atom. The summed E-state index contributed by atoms with van der Waals surface area (Å²) in [4.78, 5) is 24.4. The lowest BCUT2D eigenvalue weighted by Gasteiger charge is -2.20. The first-order chi connectivity index (χ1) is 30.0. The van der Waals surface area contributed by atoms with E-state index in [9.17, 15) is 19.8 Å². The lowest BCUT2D eigenvalue weighted by Crippen LogP contribution is -2.45. The maximum Gasteiger partial charge on any atom is 0.305 e. The number of nitrogens with one attached hydrogen (secondary N) is 1. The van der Waals surface area contributed by atoms with E-state index < -0.39 is 12.1 Å². The summed E-state index contributed by atoms with van der Waals surface area (Å²) in [6.07, 6.45) is 60.5. The van der Waals surface area contributed by atoms with Gasteiger partial charge in [-0.1, -0.05) is 250 Å². The third-order valence-electron chi connectivity index (χ3n) is 12.5. The van der Waals surface area contributed by atoms with Crippen molar-refractivity contribution in [2.75, 3.05) is 13.2 Å². The molecule has 0 aliphatic rings. The third kappa shape index (κ3) is 47.7. The quantitative estimate of drug-likeness (QED) is 0.0322. The fourth-order valence-corrected chi connectivity index (χ4v) is 8.26. The summed E-state index contributed by atoms with van der Waals surface area (Å²) in [5.74, 6) is -0.132. The van der Waals surface area contributed by atoms with Crippen molar-refractivity contribution < 1.29 is 24.5 Å². The molecule has 61 heavy (non-hydrogen) atoms. The molecule has 0 aromatic heterocycles. The fourth-order valence-electron chi connectivity index (χ4n) is 8.26. The zero-order valence-electron chi connectivity index (χ0n) is 40.9. The molecular weight excluding hydrogens is 755 g/mol. The molecule has 0 aromatic rings. The molecule has 0 aromatic carbocycles. The minimum atomic E-state index is -0.863. The van der Waals surface area contributed by atoms with Gasteiger partial charge in [-0.2, -0.15) is 0 Å². The molecule has 0 aliphatic heterocycles. The highest BCUT2D eigenvalue weighted by molar-refractivity contribution is 5.76. The third-order valence-corrected chi connectivity index (χ3v) is 12.5. The van der Waals surface area contributed by atoms with Crippen LogP contribution in [0.1, 0.15) is 290 Å². The van der Waals surface area contributed by atoms with Gasteiger partial charge in [-0.3, -0.25) is 9.59 Å².